The summed E-state index contributed by atoms with van der Waals surface area (Å²) in [6.45, 7) is 2.97. The summed E-state index contributed by atoms with van der Waals surface area (Å²) in [6.07, 6.45) is -16.4. The molecule has 0 aromatic heterocycles. The predicted octanol–water partition coefficient (Wildman–Crippen LogP) is -5.65. The fourth-order valence-corrected chi connectivity index (χ4v) is 5.80. The van der Waals surface area contributed by atoms with Crippen LogP contribution in [0, 0.1) is 0 Å². The van der Waals surface area contributed by atoms with Crippen molar-refractivity contribution in [3.63, 3.8) is 0 Å². The second-order valence-electron chi connectivity index (χ2n) is 11.2. The maximum absolute atomic E-state index is 12.3. The van der Waals surface area contributed by atoms with Crippen LogP contribution in [0.2, 0.25) is 0 Å². The SMILES string of the molecule is CCCO[C@@H]1O[C@@H](CO)[C@@H](O[C@@H]2OC(CO)[C@H](O)C(O)C2O)C(OCCN2[C@H](CO)C(O)C(O)[C@H](O)[C@@H]2C)C1NC(C)=O. The molecule has 252 valence electrons. The van der Waals surface area contributed by atoms with E-state index in [1.54, 1.807) is 11.8 Å². The van der Waals surface area contributed by atoms with Gasteiger partial charge in [0, 0.05) is 26.1 Å². The number of hydrogen-bond acceptors (Lipinski definition) is 16. The first kappa shape index (κ1) is 36.3. The molecule has 0 bridgehead atoms. The molecule has 3 rings (SSSR count). The normalized spacial score (nSPS) is 44.3. The number of nitrogens with one attached hydrogen (secondary N) is 1. The van der Waals surface area contributed by atoms with Crippen LogP contribution in [0.15, 0.2) is 0 Å². The highest BCUT2D eigenvalue weighted by Gasteiger charge is 2.52. The molecule has 17 nitrogen and oxygen atoms in total. The number of amides is 1. The minimum absolute atomic E-state index is 0.0222. The third kappa shape index (κ3) is 8.18. The van der Waals surface area contributed by atoms with Gasteiger partial charge in [-0.15, -0.1) is 0 Å². The van der Waals surface area contributed by atoms with Gasteiger partial charge in [0.05, 0.1) is 38.6 Å². The van der Waals surface area contributed by atoms with Gasteiger partial charge in [0.25, 0.3) is 0 Å². The molecule has 0 spiro atoms. The number of aliphatic hydroxyl groups excluding tert-OH is 9. The second-order valence-corrected chi connectivity index (χ2v) is 11.2. The number of ether oxygens (including phenoxy) is 5. The largest absolute Gasteiger partial charge is 0.395 e. The number of likely N-dealkylation sites (tertiary alicyclic amines) is 1. The van der Waals surface area contributed by atoms with Crippen LogP contribution in [0.4, 0.5) is 0 Å². The minimum atomic E-state index is -1.78. The Labute approximate surface area is 249 Å². The van der Waals surface area contributed by atoms with E-state index in [2.05, 4.69) is 5.32 Å². The zero-order valence-electron chi connectivity index (χ0n) is 24.5. The number of aliphatic hydroxyl groups is 9. The molecule has 7 unspecified atom stereocenters. The van der Waals surface area contributed by atoms with E-state index < -0.39 is 117 Å². The summed E-state index contributed by atoms with van der Waals surface area (Å²) in [4.78, 5) is 13.8. The van der Waals surface area contributed by atoms with Crippen LogP contribution in [0.3, 0.4) is 0 Å². The Bertz CT molecular complexity index is 857. The molecule has 3 heterocycles. The van der Waals surface area contributed by atoms with Crippen molar-refractivity contribution in [3.05, 3.63) is 0 Å². The maximum atomic E-state index is 12.3. The molecule has 3 saturated heterocycles. The summed E-state index contributed by atoms with van der Waals surface area (Å²) >= 11 is 0. The Morgan fingerprint density at radius 1 is 0.767 bits per heavy atom. The Balaban J connectivity index is 1.89. The number of carbonyl (C=O) groups is 1. The van der Waals surface area contributed by atoms with Gasteiger partial charge >= 0.3 is 0 Å². The molecule has 17 heteroatoms. The first-order valence-electron chi connectivity index (χ1n) is 14.5. The molecule has 0 radical (unpaired) electrons. The lowest BCUT2D eigenvalue weighted by molar-refractivity contribution is -0.351. The summed E-state index contributed by atoms with van der Waals surface area (Å²) in [5.74, 6) is -0.480. The fourth-order valence-electron chi connectivity index (χ4n) is 5.80. The van der Waals surface area contributed by atoms with Crippen LogP contribution in [0.1, 0.15) is 27.2 Å². The van der Waals surface area contributed by atoms with Crippen LogP contribution < -0.4 is 5.32 Å². The lowest BCUT2D eigenvalue weighted by Gasteiger charge is -2.49. The highest BCUT2D eigenvalue weighted by atomic mass is 16.7. The molecule has 15 atom stereocenters. The summed E-state index contributed by atoms with van der Waals surface area (Å²) in [5, 5.41) is 94.5. The molecule has 43 heavy (non-hydrogen) atoms. The Kier molecular flexibility index (Phi) is 13.9. The number of piperidine rings is 1. The van der Waals surface area contributed by atoms with Crippen molar-refractivity contribution in [2.24, 2.45) is 0 Å². The van der Waals surface area contributed by atoms with E-state index in [0.29, 0.717) is 6.42 Å². The van der Waals surface area contributed by atoms with Crippen LogP contribution in [0.5, 0.6) is 0 Å². The highest BCUT2D eigenvalue weighted by Crippen LogP contribution is 2.32. The minimum Gasteiger partial charge on any atom is -0.395 e. The molecule has 3 aliphatic heterocycles. The average Bonchev–Trinajstić information content (AvgIpc) is 2.99. The van der Waals surface area contributed by atoms with E-state index in [1.807, 2.05) is 6.92 Å². The van der Waals surface area contributed by atoms with Gasteiger partial charge in [-0.05, 0) is 13.3 Å². The number of nitrogens with zero attached hydrogens (tertiary/aromatic N) is 1. The topological polar surface area (TPSA) is 261 Å². The lowest BCUT2D eigenvalue weighted by Crippen LogP contribution is -2.69. The second kappa shape index (κ2) is 16.4. The maximum Gasteiger partial charge on any atom is 0.217 e. The Hall–Kier alpha value is -1.13. The number of hydrogen-bond donors (Lipinski definition) is 10. The summed E-state index contributed by atoms with van der Waals surface area (Å²) in [7, 11) is 0. The zero-order valence-corrected chi connectivity index (χ0v) is 24.5. The average molecular weight is 629 g/mol. The molecule has 0 aromatic carbocycles. The van der Waals surface area contributed by atoms with Crippen LogP contribution >= 0.6 is 0 Å². The van der Waals surface area contributed by atoms with E-state index in [-0.39, 0.29) is 19.8 Å². The molecule has 10 N–H and O–H groups in total. The summed E-state index contributed by atoms with van der Waals surface area (Å²) in [6, 6.07) is -2.65. The van der Waals surface area contributed by atoms with Gasteiger partial charge < -0.3 is 75.0 Å². The molecule has 0 aromatic rings. The van der Waals surface area contributed by atoms with E-state index >= 15 is 0 Å². The molecule has 1 amide bonds. The first-order chi connectivity index (χ1) is 20.4. The van der Waals surface area contributed by atoms with Crippen molar-refractivity contribution in [3.8, 4) is 0 Å². The summed E-state index contributed by atoms with van der Waals surface area (Å²) in [5.41, 5.74) is 0. The van der Waals surface area contributed by atoms with Gasteiger partial charge in [-0.2, -0.15) is 0 Å². The molecule has 3 fully saturated rings. The first-order valence-corrected chi connectivity index (χ1v) is 14.5. The molecular weight excluding hydrogens is 580 g/mol. The quantitative estimate of drug-likeness (QED) is 0.0911. The third-order valence-corrected chi connectivity index (χ3v) is 8.21. The van der Waals surface area contributed by atoms with E-state index in [0.717, 1.165) is 0 Å². The van der Waals surface area contributed by atoms with Crippen molar-refractivity contribution in [2.75, 3.05) is 39.6 Å². The van der Waals surface area contributed by atoms with Crippen molar-refractivity contribution in [1.29, 1.82) is 0 Å². The zero-order chi connectivity index (χ0) is 32.0. The Morgan fingerprint density at radius 3 is 1.98 bits per heavy atom. The van der Waals surface area contributed by atoms with Gasteiger partial charge in [0.2, 0.25) is 5.91 Å². The lowest BCUT2D eigenvalue weighted by atomic mass is 9.89. The van der Waals surface area contributed by atoms with Gasteiger partial charge in [-0.1, -0.05) is 6.92 Å². The van der Waals surface area contributed by atoms with Gasteiger partial charge in [0.1, 0.15) is 61.0 Å². The van der Waals surface area contributed by atoms with Crippen molar-refractivity contribution >= 4 is 5.91 Å². The van der Waals surface area contributed by atoms with Gasteiger partial charge in [0.15, 0.2) is 12.6 Å². The van der Waals surface area contributed by atoms with Gasteiger partial charge in [-0.3, -0.25) is 9.69 Å². The van der Waals surface area contributed by atoms with Crippen LogP contribution in [0.25, 0.3) is 0 Å². The number of rotatable bonds is 13. The predicted molar refractivity (Wildman–Crippen MR) is 143 cm³/mol. The van der Waals surface area contributed by atoms with Crippen LogP contribution in [-0.4, -0.2) is 188 Å². The summed E-state index contributed by atoms with van der Waals surface area (Å²) < 4.78 is 29.4. The van der Waals surface area contributed by atoms with Crippen molar-refractivity contribution in [1.82, 2.24) is 10.2 Å². The highest BCUT2D eigenvalue weighted by molar-refractivity contribution is 5.73. The molecule has 3 aliphatic rings. The molecule has 0 aliphatic carbocycles. The van der Waals surface area contributed by atoms with E-state index in [1.165, 1.54) is 6.92 Å². The number of carbonyl (C=O) groups excluding carboxylic acids is 1. The van der Waals surface area contributed by atoms with E-state index in [9.17, 15) is 50.8 Å². The third-order valence-electron chi connectivity index (χ3n) is 8.21. The standard InChI is InChI=1S/C26H48N2O15/c1-4-6-40-25-16(27-12(3)32)24(39-7-5-28-11(2)17(33)20(36)18(34)13(28)8-29)23(15(10-31)42-25)43-26-22(38)21(37)19(35)14(9-30)41-26/h11,13-26,29-31,33-38H,4-10H2,1-3H3,(H,27,32)/t11-,13+,14?,15-,16?,17+,18?,19-,20?,21?,22?,23+,24?,25+,26-/m0/s1. The van der Waals surface area contributed by atoms with Crippen molar-refractivity contribution in [2.45, 2.75) is 119 Å². The van der Waals surface area contributed by atoms with E-state index in [4.69, 9.17) is 23.7 Å². The van der Waals surface area contributed by atoms with Crippen molar-refractivity contribution < 1.29 is 74.4 Å². The monoisotopic (exact) mass is 628 g/mol. The fraction of sp³-hybridized carbons (Fsp3) is 0.962. The molecule has 0 saturated carbocycles. The van der Waals surface area contributed by atoms with Gasteiger partial charge in [-0.25, -0.2) is 0 Å². The molecular formula is C26H48N2O15. The smallest absolute Gasteiger partial charge is 0.217 e. The van der Waals surface area contributed by atoms with Crippen LogP contribution in [-0.2, 0) is 28.5 Å². The Morgan fingerprint density at radius 2 is 1.40 bits per heavy atom.